The maximum atomic E-state index is 12.9. The number of aryl methyl sites for hydroxylation is 1. The topological polar surface area (TPSA) is 71.8 Å². The minimum absolute atomic E-state index is 0.144. The minimum Gasteiger partial charge on any atom is -0.370 e. The Labute approximate surface area is 89.5 Å². The average Bonchev–Trinajstić information content (AvgIpc) is 2.58. The molecule has 0 aliphatic carbocycles. The number of nitrogens with two attached hydrogens (primary N) is 1. The van der Waals surface area contributed by atoms with Gasteiger partial charge in [0.05, 0.1) is 11.0 Å². The van der Waals surface area contributed by atoms with Crippen LogP contribution < -0.4 is 5.73 Å². The number of fused-ring (bicyclic) bond motifs is 1. The number of imidazole rings is 1. The van der Waals surface area contributed by atoms with Gasteiger partial charge in [-0.25, -0.2) is 13.8 Å². The second-order valence-corrected chi connectivity index (χ2v) is 3.43. The van der Waals surface area contributed by atoms with Gasteiger partial charge < -0.3 is 10.7 Å². The third-order valence-corrected chi connectivity index (χ3v) is 2.18. The number of rotatable bonds is 3. The van der Waals surface area contributed by atoms with E-state index < -0.39 is 17.5 Å². The van der Waals surface area contributed by atoms with Crippen LogP contribution in [-0.4, -0.2) is 15.9 Å². The molecule has 84 valence electrons. The van der Waals surface area contributed by atoms with Crippen LogP contribution in [-0.2, 0) is 11.2 Å². The van der Waals surface area contributed by atoms with Crippen molar-refractivity contribution in [3.63, 3.8) is 0 Å². The molecule has 3 N–H and O–H groups in total. The van der Waals surface area contributed by atoms with Crippen molar-refractivity contribution >= 4 is 16.9 Å². The number of halogens is 2. The van der Waals surface area contributed by atoms with Crippen LogP contribution in [0.2, 0.25) is 0 Å². The van der Waals surface area contributed by atoms with Crippen molar-refractivity contribution in [2.24, 2.45) is 5.73 Å². The molecule has 0 spiro atoms. The second-order valence-electron chi connectivity index (χ2n) is 3.43. The molecule has 0 aliphatic rings. The first-order valence-electron chi connectivity index (χ1n) is 4.68. The molecule has 4 nitrogen and oxygen atoms in total. The van der Waals surface area contributed by atoms with Gasteiger partial charge in [-0.05, 0) is 0 Å². The number of aromatic nitrogens is 2. The molecule has 0 atom stereocenters. The van der Waals surface area contributed by atoms with Gasteiger partial charge in [0, 0.05) is 25.0 Å². The Balaban J connectivity index is 2.33. The summed E-state index contributed by atoms with van der Waals surface area (Å²) in [7, 11) is 0. The van der Waals surface area contributed by atoms with E-state index in [0.29, 0.717) is 23.3 Å². The van der Waals surface area contributed by atoms with Gasteiger partial charge in [-0.3, -0.25) is 4.79 Å². The first kappa shape index (κ1) is 10.5. The summed E-state index contributed by atoms with van der Waals surface area (Å²) in [6.07, 6.45) is 0.470. The van der Waals surface area contributed by atoms with Crippen LogP contribution in [0.15, 0.2) is 12.1 Å². The number of amides is 1. The van der Waals surface area contributed by atoms with Crippen molar-refractivity contribution in [3.8, 4) is 0 Å². The second kappa shape index (κ2) is 3.88. The predicted octanol–water partition coefficient (Wildman–Crippen LogP) is 1.26. The molecule has 0 radical (unpaired) electrons. The van der Waals surface area contributed by atoms with E-state index in [9.17, 15) is 13.6 Å². The number of hydrogen-bond donors (Lipinski definition) is 2. The standard InChI is InChI=1S/C10H9F2N3O/c11-5-3-7-8(4-6(5)12)15-10(14-7)2-1-9(13)16/h3-4H,1-2H2,(H2,13,16)(H,14,15). The molecule has 1 aromatic heterocycles. The van der Waals surface area contributed by atoms with Crippen LogP contribution in [0.4, 0.5) is 8.78 Å². The van der Waals surface area contributed by atoms with Gasteiger partial charge in [0.15, 0.2) is 11.6 Å². The van der Waals surface area contributed by atoms with Gasteiger partial charge in [0.1, 0.15) is 5.82 Å². The fourth-order valence-corrected chi connectivity index (χ4v) is 1.42. The first-order valence-corrected chi connectivity index (χ1v) is 4.68. The lowest BCUT2D eigenvalue weighted by Crippen LogP contribution is -2.11. The summed E-state index contributed by atoms with van der Waals surface area (Å²) in [5, 5.41) is 0. The Bertz CT molecular complexity index is 511. The molecule has 0 bridgehead atoms. The van der Waals surface area contributed by atoms with Gasteiger partial charge in [0.2, 0.25) is 5.91 Å². The molecule has 0 fully saturated rings. The fraction of sp³-hybridized carbons (Fsp3) is 0.200. The molecule has 2 rings (SSSR count). The molecule has 1 aromatic carbocycles. The van der Waals surface area contributed by atoms with E-state index in [1.807, 2.05) is 0 Å². The Morgan fingerprint density at radius 2 is 2.06 bits per heavy atom. The smallest absolute Gasteiger partial charge is 0.217 e. The monoisotopic (exact) mass is 225 g/mol. The van der Waals surface area contributed by atoms with E-state index in [1.165, 1.54) is 0 Å². The molecule has 16 heavy (non-hydrogen) atoms. The number of primary amides is 1. The van der Waals surface area contributed by atoms with Crippen molar-refractivity contribution < 1.29 is 13.6 Å². The Morgan fingerprint density at radius 1 is 1.38 bits per heavy atom. The largest absolute Gasteiger partial charge is 0.370 e. The average molecular weight is 225 g/mol. The molecule has 1 heterocycles. The molecule has 0 saturated carbocycles. The summed E-state index contributed by atoms with van der Waals surface area (Å²) in [4.78, 5) is 17.4. The summed E-state index contributed by atoms with van der Waals surface area (Å²) < 4.78 is 25.7. The third kappa shape index (κ3) is 2.00. The van der Waals surface area contributed by atoms with Crippen molar-refractivity contribution in [3.05, 3.63) is 29.6 Å². The Kier molecular flexibility index (Phi) is 2.55. The van der Waals surface area contributed by atoms with Gasteiger partial charge in [-0.1, -0.05) is 0 Å². The third-order valence-electron chi connectivity index (χ3n) is 2.18. The number of carbonyl (C=O) groups is 1. The normalized spacial score (nSPS) is 10.9. The molecule has 0 unspecified atom stereocenters. The molecule has 6 heteroatoms. The number of benzene rings is 1. The van der Waals surface area contributed by atoms with Crippen LogP contribution in [0.3, 0.4) is 0 Å². The predicted molar refractivity (Wildman–Crippen MR) is 53.5 cm³/mol. The van der Waals surface area contributed by atoms with E-state index >= 15 is 0 Å². The maximum absolute atomic E-state index is 12.9. The molecule has 0 saturated heterocycles. The van der Waals surface area contributed by atoms with Crippen LogP contribution in [0.25, 0.3) is 11.0 Å². The van der Waals surface area contributed by atoms with Crippen molar-refractivity contribution in [2.45, 2.75) is 12.8 Å². The molecule has 1 amide bonds. The summed E-state index contributed by atoms with van der Waals surface area (Å²) >= 11 is 0. The zero-order chi connectivity index (χ0) is 11.7. The fourth-order valence-electron chi connectivity index (χ4n) is 1.42. The van der Waals surface area contributed by atoms with E-state index in [4.69, 9.17) is 5.73 Å². The van der Waals surface area contributed by atoms with Crippen LogP contribution in [0.1, 0.15) is 12.2 Å². The SMILES string of the molecule is NC(=O)CCc1nc2cc(F)c(F)cc2[nH]1. The van der Waals surface area contributed by atoms with E-state index in [1.54, 1.807) is 0 Å². The zero-order valence-electron chi connectivity index (χ0n) is 8.26. The molecular weight excluding hydrogens is 216 g/mol. The van der Waals surface area contributed by atoms with Gasteiger partial charge >= 0.3 is 0 Å². The zero-order valence-corrected chi connectivity index (χ0v) is 8.26. The number of carbonyl (C=O) groups excluding carboxylic acids is 1. The quantitative estimate of drug-likeness (QED) is 0.825. The lowest BCUT2D eigenvalue weighted by Gasteiger charge is -1.91. The Morgan fingerprint density at radius 3 is 2.75 bits per heavy atom. The summed E-state index contributed by atoms with van der Waals surface area (Å²) in [6, 6.07) is 2.04. The molecule has 2 aromatic rings. The van der Waals surface area contributed by atoms with Crippen molar-refractivity contribution in [1.82, 2.24) is 9.97 Å². The van der Waals surface area contributed by atoms with Crippen molar-refractivity contribution in [1.29, 1.82) is 0 Å². The van der Waals surface area contributed by atoms with Crippen LogP contribution in [0.5, 0.6) is 0 Å². The number of aromatic amines is 1. The lowest BCUT2D eigenvalue weighted by atomic mass is 10.3. The van der Waals surface area contributed by atoms with Crippen LogP contribution in [0, 0.1) is 11.6 Å². The highest BCUT2D eigenvalue weighted by Crippen LogP contribution is 2.16. The molecule has 0 aliphatic heterocycles. The number of hydrogen-bond acceptors (Lipinski definition) is 2. The van der Waals surface area contributed by atoms with E-state index in [-0.39, 0.29) is 6.42 Å². The summed E-state index contributed by atoms with van der Waals surface area (Å²) in [6.45, 7) is 0. The highest BCUT2D eigenvalue weighted by atomic mass is 19.2. The highest BCUT2D eigenvalue weighted by Gasteiger charge is 2.08. The van der Waals surface area contributed by atoms with E-state index in [2.05, 4.69) is 9.97 Å². The lowest BCUT2D eigenvalue weighted by molar-refractivity contribution is -0.118. The number of nitrogens with zero attached hydrogens (tertiary/aromatic N) is 1. The molecular formula is C10H9F2N3O. The van der Waals surface area contributed by atoms with Gasteiger partial charge in [-0.15, -0.1) is 0 Å². The Hall–Kier alpha value is -1.98. The number of nitrogens with one attached hydrogen (secondary N) is 1. The summed E-state index contributed by atoms with van der Waals surface area (Å²) in [5.41, 5.74) is 5.72. The maximum Gasteiger partial charge on any atom is 0.217 e. The number of H-pyrrole nitrogens is 1. The minimum atomic E-state index is -0.944. The summed E-state index contributed by atoms with van der Waals surface area (Å²) in [5.74, 6) is -1.84. The first-order chi connectivity index (χ1) is 7.56. The highest BCUT2D eigenvalue weighted by molar-refractivity contribution is 5.76. The van der Waals surface area contributed by atoms with Gasteiger partial charge in [0.25, 0.3) is 0 Å². The van der Waals surface area contributed by atoms with Gasteiger partial charge in [-0.2, -0.15) is 0 Å². The van der Waals surface area contributed by atoms with Crippen molar-refractivity contribution in [2.75, 3.05) is 0 Å². The van der Waals surface area contributed by atoms with Crippen LogP contribution >= 0.6 is 0 Å². The van der Waals surface area contributed by atoms with E-state index in [0.717, 1.165) is 12.1 Å².